The predicted octanol–water partition coefficient (Wildman–Crippen LogP) is 1.26. The van der Waals surface area contributed by atoms with E-state index in [4.69, 9.17) is 35.2 Å². The number of carbonyl (C=O) groups excluding carboxylic acids is 2. The van der Waals surface area contributed by atoms with Crippen LogP contribution in [0.15, 0.2) is 60.7 Å². The average molecular weight is 489 g/mol. The Morgan fingerprint density at radius 1 is 0.543 bits per heavy atom. The van der Waals surface area contributed by atoms with Crippen LogP contribution >= 0.6 is 0 Å². The summed E-state index contributed by atoms with van der Waals surface area (Å²) >= 11 is 0. The zero-order valence-electron chi connectivity index (χ0n) is 20.0. The summed E-state index contributed by atoms with van der Waals surface area (Å²) in [4.78, 5) is 23.8. The highest BCUT2D eigenvalue weighted by Crippen LogP contribution is 2.04. The maximum absolute atomic E-state index is 11.9. The Labute approximate surface area is 206 Å². The molecule has 35 heavy (non-hydrogen) atoms. The molecule has 0 saturated heterocycles. The number of hydrogen-bond acceptors (Lipinski definition) is 9. The van der Waals surface area contributed by atoms with Crippen molar-refractivity contribution in [2.24, 2.45) is 11.5 Å². The van der Waals surface area contributed by atoms with Gasteiger partial charge in [-0.15, -0.1) is 0 Å². The van der Waals surface area contributed by atoms with Crippen LogP contribution in [-0.2, 0) is 46.1 Å². The van der Waals surface area contributed by atoms with E-state index in [1.165, 1.54) is 0 Å². The normalized spacial score (nSPS) is 12.6. The molecule has 2 atom stereocenters. The van der Waals surface area contributed by atoms with Gasteiger partial charge in [-0.05, 0) is 24.0 Å². The molecule has 0 saturated carbocycles. The van der Waals surface area contributed by atoms with Gasteiger partial charge in [-0.3, -0.25) is 9.59 Å². The van der Waals surface area contributed by atoms with Gasteiger partial charge in [-0.2, -0.15) is 0 Å². The molecule has 0 spiro atoms. The quantitative estimate of drug-likeness (QED) is 0.235. The average Bonchev–Trinajstić information content (AvgIpc) is 2.87. The second kappa shape index (κ2) is 17.6. The molecule has 2 aromatic carbocycles. The van der Waals surface area contributed by atoms with Crippen LogP contribution in [0.1, 0.15) is 11.1 Å². The molecule has 0 radical (unpaired) electrons. The van der Waals surface area contributed by atoms with Crippen molar-refractivity contribution in [3.05, 3.63) is 71.8 Å². The molecule has 0 fully saturated rings. The van der Waals surface area contributed by atoms with Crippen LogP contribution in [0.2, 0.25) is 0 Å². The summed E-state index contributed by atoms with van der Waals surface area (Å²) in [5.74, 6) is -0.899. The van der Waals surface area contributed by atoms with E-state index in [0.29, 0.717) is 39.3 Å². The van der Waals surface area contributed by atoms with E-state index >= 15 is 0 Å². The van der Waals surface area contributed by atoms with E-state index in [9.17, 15) is 9.59 Å². The fraction of sp³-hybridized carbons (Fsp3) is 0.462. The first-order chi connectivity index (χ1) is 17.1. The smallest absolute Gasteiger partial charge is 0.323 e. The van der Waals surface area contributed by atoms with Crippen molar-refractivity contribution < 1.29 is 33.3 Å². The predicted molar refractivity (Wildman–Crippen MR) is 131 cm³/mol. The first-order valence-corrected chi connectivity index (χ1v) is 11.7. The fourth-order valence-corrected chi connectivity index (χ4v) is 3.06. The molecule has 2 rings (SSSR count). The van der Waals surface area contributed by atoms with Gasteiger partial charge in [0.15, 0.2) is 0 Å². The number of nitrogens with two attached hydrogens (primary N) is 2. The van der Waals surface area contributed by atoms with E-state index in [1.807, 2.05) is 60.7 Å². The van der Waals surface area contributed by atoms with E-state index in [1.54, 1.807) is 0 Å². The Morgan fingerprint density at radius 2 is 0.857 bits per heavy atom. The number of hydrogen-bond donors (Lipinski definition) is 2. The fourth-order valence-electron chi connectivity index (χ4n) is 3.06. The maximum Gasteiger partial charge on any atom is 0.323 e. The van der Waals surface area contributed by atoms with Gasteiger partial charge >= 0.3 is 11.9 Å². The van der Waals surface area contributed by atoms with Crippen LogP contribution in [0.3, 0.4) is 0 Å². The molecule has 0 heterocycles. The van der Waals surface area contributed by atoms with Crippen molar-refractivity contribution in [1.82, 2.24) is 0 Å². The molecular formula is C26H36N2O7. The first-order valence-electron chi connectivity index (χ1n) is 11.7. The highest BCUT2D eigenvalue weighted by Gasteiger charge is 2.16. The van der Waals surface area contributed by atoms with Gasteiger partial charge in [-0.25, -0.2) is 0 Å². The van der Waals surface area contributed by atoms with Crippen molar-refractivity contribution >= 4 is 11.9 Å². The number of ether oxygens (including phenoxy) is 5. The third-order valence-electron chi connectivity index (χ3n) is 4.89. The summed E-state index contributed by atoms with van der Waals surface area (Å²) in [5.41, 5.74) is 13.7. The number of carbonyl (C=O) groups is 2. The van der Waals surface area contributed by atoms with Gasteiger partial charge in [0.2, 0.25) is 0 Å². The van der Waals surface area contributed by atoms with Crippen molar-refractivity contribution in [2.45, 2.75) is 24.9 Å². The van der Waals surface area contributed by atoms with Crippen molar-refractivity contribution in [3.8, 4) is 0 Å². The Bertz CT molecular complexity index is 767. The monoisotopic (exact) mass is 488 g/mol. The van der Waals surface area contributed by atoms with E-state index in [2.05, 4.69) is 0 Å². The second-order valence-electron chi connectivity index (χ2n) is 7.76. The van der Waals surface area contributed by atoms with Crippen LogP contribution < -0.4 is 11.5 Å². The molecular weight excluding hydrogens is 452 g/mol. The lowest BCUT2D eigenvalue weighted by Crippen LogP contribution is -2.35. The molecule has 2 aromatic rings. The van der Waals surface area contributed by atoms with Crippen LogP contribution in [0, 0.1) is 0 Å². The molecule has 4 N–H and O–H groups in total. The van der Waals surface area contributed by atoms with Gasteiger partial charge in [0.25, 0.3) is 0 Å². The number of benzene rings is 2. The van der Waals surface area contributed by atoms with Crippen molar-refractivity contribution in [3.63, 3.8) is 0 Å². The molecule has 0 aliphatic rings. The Morgan fingerprint density at radius 3 is 1.20 bits per heavy atom. The number of rotatable bonds is 18. The van der Waals surface area contributed by atoms with Gasteiger partial charge < -0.3 is 35.2 Å². The molecule has 0 bridgehead atoms. The molecule has 192 valence electrons. The summed E-state index contributed by atoms with van der Waals surface area (Å²) in [6, 6.07) is 17.7. The lowest BCUT2D eigenvalue weighted by Gasteiger charge is -2.12. The molecule has 0 aliphatic carbocycles. The van der Waals surface area contributed by atoms with Crippen LogP contribution in [0.4, 0.5) is 0 Å². The summed E-state index contributed by atoms with van der Waals surface area (Å²) < 4.78 is 26.4. The van der Waals surface area contributed by atoms with Gasteiger partial charge in [0.1, 0.15) is 25.3 Å². The standard InChI is InChI=1S/C26H36N2O7/c27-23(19-21-7-3-1-4-8-21)25(29)34-17-15-32-13-11-31-12-14-33-16-18-35-26(30)24(28)20-22-9-5-2-6-10-22/h1-10,23-24H,11-20,27-28H2/t23-,24-/m0/s1. The minimum absolute atomic E-state index is 0.137. The highest BCUT2D eigenvalue weighted by atomic mass is 16.6. The van der Waals surface area contributed by atoms with Crippen molar-refractivity contribution in [1.29, 1.82) is 0 Å². The van der Waals surface area contributed by atoms with E-state index < -0.39 is 24.0 Å². The maximum atomic E-state index is 11.9. The summed E-state index contributed by atoms with van der Waals surface area (Å²) in [5, 5.41) is 0. The first kappa shape index (κ1) is 28.4. The minimum atomic E-state index is -0.699. The van der Waals surface area contributed by atoms with Crippen LogP contribution in [0.25, 0.3) is 0 Å². The Kier molecular flexibility index (Phi) is 14.3. The third-order valence-corrected chi connectivity index (χ3v) is 4.89. The number of esters is 2. The summed E-state index contributed by atoms with van der Waals surface area (Å²) in [7, 11) is 0. The molecule has 0 unspecified atom stereocenters. The summed E-state index contributed by atoms with van der Waals surface area (Å²) in [6.45, 7) is 2.30. The molecule has 9 heteroatoms. The van der Waals surface area contributed by atoms with Gasteiger partial charge in [0.05, 0.1) is 39.6 Å². The lowest BCUT2D eigenvalue weighted by molar-refractivity contribution is -0.147. The summed E-state index contributed by atoms with van der Waals surface area (Å²) in [6.07, 6.45) is 0.862. The largest absolute Gasteiger partial charge is 0.462 e. The molecule has 9 nitrogen and oxygen atoms in total. The lowest BCUT2D eigenvalue weighted by atomic mass is 10.1. The van der Waals surface area contributed by atoms with Crippen LogP contribution in [-0.4, -0.2) is 76.9 Å². The van der Waals surface area contributed by atoms with Crippen LogP contribution in [0.5, 0.6) is 0 Å². The molecule has 0 aromatic heterocycles. The zero-order chi connectivity index (χ0) is 25.1. The zero-order valence-corrected chi connectivity index (χ0v) is 20.0. The van der Waals surface area contributed by atoms with E-state index in [0.717, 1.165) is 11.1 Å². The Balaban J connectivity index is 1.35. The highest BCUT2D eigenvalue weighted by molar-refractivity contribution is 5.76. The minimum Gasteiger partial charge on any atom is -0.462 e. The SMILES string of the molecule is N[C@@H](Cc1ccccc1)C(=O)OCCOCCOCCOCCOC(=O)[C@@H](N)Cc1ccccc1. The second-order valence-corrected chi connectivity index (χ2v) is 7.76. The topological polar surface area (TPSA) is 132 Å². The molecule has 0 aliphatic heterocycles. The third kappa shape index (κ3) is 13.0. The Hall–Kier alpha value is -2.82. The van der Waals surface area contributed by atoms with Gasteiger partial charge in [-0.1, -0.05) is 60.7 Å². The molecule has 0 amide bonds. The van der Waals surface area contributed by atoms with Crippen molar-refractivity contribution in [2.75, 3.05) is 52.9 Å². The van der Waals surface area contributed by atoms with E-state index in [-0.39, 0.29) is 26.4 Å². The van der Waals surface area contributed by atoms with Gasteiger partial charge in [0, 0.05) is 0 Å².